The van der Waals surface area contributed by atoms with Crippen molar-refractivity contribution < 1.29 is 23.9 Å². The highest BCUT2D eigenvalue weighted by Gasteiger charge is 2.61. The summed E-state index contributed by atoms with van der Waals surface area (Å²) < 4.78 is 8.01. The quantitative estimate of drug-likeness (QED) is 0.222. The van der Waals surface area contributed by atoms with E-state index in [4.69, 9.17) is 44.3 Å². The van der Waals surface area contributed by atoms with Gasteiger partial charge in [0.05, 0.1) is 9.30 Å². The Morgan fingerprint density at radius 3 is 2.67 bits per heavy atom. The Balaban J connectivity index is 1.64. The van der Waals surface area contributed by atoms with Gasteiger partial charge in [-0.2, -0.15) is 0 Å². The second-order valence-electron chi connectivity index (χ2n) is 6.97. The zero-order chi connectivity index (χ0) is 22.1. The number of carbonyl (C=O) groups is 3. The molecule has 0 bridgehead atoms. The number of hydrogen-bond donors (Lipinski definition) is 1. The molecule has 0 saturated carbocycles. The first-order valence-electron chi connectivity index (χ1n) is 8.82. The number of benzene rings is 1. The molecule has 3 rings (SSSR count). The molecule has 12 heteroatoms. The van der Waals surface area contributed by atoms with E-state index in [1.165, 1.54) is 16.7 Å². The van der Waals surface area contributed by atoms with E-state index < -0.39 is 37.3 Å². The summed E-state index contributed by atoms with van der Waals surface area (Å²) in [5.41, 5.74) is 0. The maximum Gasteiger partial charge on any atom is 0.332 e. The summed E-state index contributed by atoms with van der Waals surface area (Å²) in [6, 6.07) is 7.21. The fourth-order valence-corrected chi connectivity index (χ4v) is 5.88. The van der Waals surface area contributed by atoms with Gasteiger partial charge in [0, 0.05) is 5.75 Å². The molecule has 0 aliphatic carbocycles. The first kappa shape index (κ1) is 24.0. The van der Waals surface area contributed by atoms with Crippen molar-refractivity contribution in [3.05, 3.63) is 30.3 Å². The molecule has 2 aliphatic heterocycles. The molecular weight excluding hydrogens is 590 g/mol. The van der Waals surface area contributed by atoms with Crippen molar-refractivity contribution in [2.75, 3.05) is 18.2 Å². The summed E-state index contributed by atoms with van der Waals surface area (Å²) in [5, 5.41) is 2.27. The van der Waals surface area contributed by atoms with Crippen LogP contribution in [0.5, 0.6) is 5.75 Å². The predicted molar refractivity (Wildman–Crippen MR) is 124 cm³/mol. The summed E-state index contributed by atoms with van der Waals surface area (Å²) in [5.74, 6) is -0.776. The third-order valence-corrected chi connectivity index (χ3v) is 8.69. The van der Waals surface area contributed by atoms with E-state index in [0.717, 1.165) is 0 Å². The first-order chi connectivity index (χ1) is 14.1. The van der Waals surface area contributed by atoms with Crippen LogP contribution in [0.2, 0.25) is 0 Å². The fourth-order valence-electron chi connectivity index (χ4n) is 3.16. The monoisotopic (exact) mass is 606 g/mol. The minimum atomic E-state index is -1.89. The van der Waals surface area contributed by atoms with E-state index in [2.05, 4.69) is 27.9 Å². The third kappa shape index (κ3) is 5.23. The van der Waals surface area contributed by atoms with Crippen LogP contribution in [-0.2, 0) is 19.1 Å². The smallest absolute Gasteiger partial charge is 0.332 e. The Bertz CT molecular complexity index is 829. The molecule has 0 radical (unpaired) electrons. The average Bonchev–Trinajstić information content (AvgIpc) is 2.70. The number of amides is 2. The summed E-state index contributed by atoms with van der Waals surface area (Å²) >= 11 is 20.9. The normalized spacial score (nSPS) is 28.2. The maximum absolute atomic E-state index is 12.8. The lowest BCUT2D eigenvalue weighted by atomic mass is 9.94. The van der Waals surface area contributed by atoms with E-state index in [1.54, 1.807) is 24.3 Å². The van der Waals surface area contributed by atoms with Gasteiger partial charge in [0.2, 0.25) is 5.91 Å². The summed E-state index contributed by atoms with van der Waals surface area (Å²) in [7, 11) is 0. The van der Waals surface area contributed by atoms with Gasteiger partial charge in [-0.15, -0.1) is 23.4 Å². The van der Waals surface area contributed by atoms with Crippen molar-refractivity contribution >= 4 is 86.9 Å². The van der Waals surface area contributed by atoms with Gasteiger partial charge in [-0.05, 0) is 19.1 Å². The molecule has 30 heavy (non-hydrogen) atoms. The minimum Gasteiger partial charge on any atom is -0.484 e. The number of carbonyl (C=O) groups excluding carboxylic acids is 3. The topological polar surface area (TPSA) is 84.9 Å². The molecular formula is C18H18Cl3IN2O5S. The number of halogens is 4. The molecule has 2 fully saturated rings. The number of nitrogens with one attached hydrogen (secondary N) is 1. The molecule has 2 aliphatic rings. The minimum absolute atomic E-state index is 0.225. The molecule has 1 aromatic carbocycles. The first-order valence-corrected chi connectivity index (χ1v) is 12.2. The molecule has 1 N–H and O–H groups in total. The molecule has 7 nitrogen and oxygen atoms in total. The Morgan fingerprint density at radius 2 is 2.03 bits per heavy atom. The number of rotatable bonds is 7. The van der Waals surface area contributed by atoms with Gasteiger partial charge in [-0.25, -0.2) is 4.79 Å². The number of β-lactam (4-membered cyclic amide) rings is 1. The van der Waals surface area contributed by atoms with Gasteiger partial charge in [0.1, 0.15) is 23.2 Å². The van der Waals surface area contributed by atoms with Crippen LogP contribution >= 0.6 is 69.2 Å². The van der Waals surface area contributed by atoms with Gasteiger partial charge in [-0.3, -0.25) is 9.59 Å². The van der Waals surface area contributed by atoms with Crippen molar-refractivity contribution in [2.24, 2.45) is 0 Å². The Hall–Kier alpha value is -0.620. The molecule has 0 spiro atoms. The molecule has 4 atom stereocenters. The highest BCUT2D eigenvalue weighted by atomic mass is 127. The maximum atomic E-state index is 12.8. The third-order valence-electron chi connectivity index (χ3n) is 4.52. The Morgan fingerprint density at radius 1 is 1.37 bits per heavy atom. The van der Waals surface area contributed by atoms with E-state index in [9.17, 15) is 14.4 Å². The summed E-state index contributed by atoms with van der Waals surface area (Å²) in [6.07, 6.45) is 0. The van der Waals surface area contributed by atoms with Crippen LogP contribution in [0.3, 0.4) is 0 Å². The predicted octanol–water partition coefficient (Wildman–Crippen LogP) is 2.94. The van der Waals surface area contributed by atoms with Crippen molar-refractivity contribution in [2.45, 2.75) is 32.3 Å². The second kappa shape index (κ2) is 9.48. The number of esters is 1. The molecule has 2 saturated heterocycles. The standard InChI is InChI=1S/C18H18Cl3IN2O5S/c1-17(22)9-30-15-12(23-11(25)7-28-10-5-3-2-4-6-10)14(26)24(15)13(17)16(27)29-18(20,21)8-19/h2-6,12-13,15H,7-9H2,1H3,(H,23,25)/t12?,13?,15-,17?/m1/s1. The number of nitrogens with zero attached hydrogens (tertiary/aromatic N) is 1. The van der Waals surface area contributed by atoms with Crippen LogP contribution in [0, 0.1) is 0 Å². The lowest BCUT2D eigenvalue weighted by Crippen LogP contribution is -2.78. The van der Waals surface area contributed by atoms with E-state index in [-0.39, 0.29) is 18.4 Å². The van der Waals surface area contributed by atoms with Gasteiger partial charge >= 0.3 is 5.97 Å². The zero-order valence-corrected chi connectivity index (χ0v) is 20.9. The summed E-state index contributed by atoms with van der Waals surface area (Å²) in [4.78, 5) is 39.2. The van der Waals surface area contributed by atoms with Gasteiger partial charge in [-0.1, -0.05) is 64.0 Å². The average molecular weight is 608 g/mol. The van der Waals surface area contributed by atoms with Crippen molar-refractivity contribution in [3.63, 3.8) is 0 Å². The molecule has 3 unspecified atom stereocenters. The number of thioether (sulfide) groups is 1. The molecule has 2 heterocycles. The van der Waals surface area contributed by atoms with Crippen LogP contribution in [0.25, 0.3) is 0 Å². The molecule has 2 amide bonds. The van der Waals surface area contributed by atoms with E-state index in [0.29, 0.717) is 11.5 Å². The number of para-hydroxylation sites is 1. The van der Waals surface area contributed by atoms with Crippen LogP contribution in [0.15, 0.2) is 30.3 Å². The lowest BCUT2D eigenvalue weighted by Gasteiger charge is -2.56. The molecule has 1 aromatic rings. The van der Waals surface area contributed by atoms with Gasteiger partial charge in [0.15, 0.2) is 6.61 Å². The van der Waals surface area contributed by atoms with Crippen molar-refractivity contribution in [3.8, 4) is 5.75 Å². The van der Waals surface area contributed by atoms with Crippen molar-refractivity contribution in [1.29, 1.82) is 0 Å². The molecule has 164 valence electrons. The Labute approximate surface area is 206 Å². The molecule has 0 aromatic heterocycles. The van der Waals surface area contributed by atoms with E-state index in [1.807, 2.05) is 13.0 Å². The highest BCUT2D eigenvalue weighted by Crippen LogP contribution is 2.47. The number of ether oxygens (including phenoxy) is 2. The number of alkyl halides is 4. The zero-order valence-electron chi connectivity index (χ0n) is 15.6. The van der Waals surface area contributed by atoms with Gasteiger partial charge in [0.25, 0.3) is 10.4 Å². The van der Waals surface area contributed by atoms with E-state index >= 15 is 0 Å². The van der Waals surface area contributed by atoms with Crippen LogP contribution < -0.4 is 10.1 Å². The second-order valence-corrected chi connectivity index (χ2v) is 12.2. The SMILES string of the molecule is CC1(I)CS[C@@H]2C(NC(=O)COc3ccccc3)C(=O)N2C1C(=O)OC(Cl)(Cl)CCl. The van der Waals surface area contributed by atoms with Crippen LogP contribution in [-0.4, -0.2) is 66.3 Å². The largest absolute Gasteiger partial charge is 0.484 e. The summed E-state index contributed by atoms with van der Waals surface area (Å²) in [6.45, 7) is 1.61. The van der Waals surface area contributed by atoms with Crippen molar-refractivity contribution in [1.82, 2.24) is 10.2 Å². The number of fused-ring (bicyclic) bond motifs is 1. The number of hydrogen-bond acceptors (Lipinski definition) is 6. The van der Waals surface area contributed by atoms with Crippen LogP contribution in [0.1, 0.15) is 6.92 Å². The van der Waals surface area contributed by atoms with Crippen LogP contribution in [0.4, 0.5) is 0 Å². The Kier molecular flexibility index (Phi) is 7.59. The van der Waals surface area contributed by atoms with Gasteiger partial charge < -0.3 is 19.7 Å². The highest BCUT2D eigenvalue weighted by molar-refractivity contribution is 14.1. The fraction of sp³-hybridized carbons (Fsp3) is 0.500. The lowest BCUT2D eigenvalue weighted by molar-refractivity contribution is -0.168.